The molecule has 0 amide bonds. The van der Waals surface area contributed by atoms with E-state index < -0.39 is 10.3 Å². The average molecular weight is 386 g/mol. The normalized spacial score (nSPS) is 11.6. The Morgan fingerprint density at radius 2 is 0.821 bits per heavy atom. The molecule has 4 aromatic carbocycles. The van der Waals surface area contributed by atoms with Crippen molar-refractivity contribution in [3.05, 3.63) is 127 Å². The van der Waals surface area contributed by atoms with Crippen molar-refractivity contribution in [1.29, 1.82) is 0 Å². The fourth-order valence-corrected chi connectivity index (χ4v) is 6.20. The second kappa shape index (κ2) is 8.15. The molecule has 0 radical (unpaired) electrons. The Morgan fingerprint density at radius 3 is 1.18 bits per heavy atom. The number of benzene rings is 4. The van der Waals surface area contributed by atoms with E-state index in [4.69, 9.17) is 4.18 Å². The van der Waals surface area contributed by atoms with Crippen LogP contribution in [0.2, 0.25) is 0 Å². The molecule has 4 rings (SSSR count). The summed E-state index contributed by atoms with van der Waals surface area (Å²) < 4.78 is 6.54. The Labute approximate surface area is 167 Å². The molecule has 138 valence electrons. The molecule has 0 unspecified atom stereocenters. The van der Waals surface area contributed by atoms with Crippen molar-refractivity contribution < 1.29 is 8.98 Å². The van der Waals surface area contributed by atoms with Crippen LogP contribution >= 0.6 is 10.3 Å². The zero-order chi connectivity index (χ0) is 19.2. The van der Waals surface area contributed by atoms with Gasteiger partial charge in [-0.15, -0.1) is 0 Å². The molecule has 0 bridgehead atoms. The van der Waals surface area contributed by atoms with Crippen LogP contribution in [0.5, 0.6) is 0 Å². The predicted molar refractivity (Wildman–Crippen MR) is 115 cm³/mol. The van der Waals surface area contributed by atoms with Crippen molar-refractivity contribution in [3.8, 4) is 0 Å². The van der Waals surface area contributed by atoms with Gasteiger partial charge in [-0.3, -0.25) is 0 Å². The molecule has 0 saturated heterocycles. The van der Waals surface area contributed by atoms with Crippen LogP contribution < -0.4 is 0 Å². The molecular formula is C25H21O2S+. The lowest BCUT2D eigenvalue weighted by atomic mass is 10.2. The maximum Gasteiger partial charge on any atom is 0.531 e. The first-order chi connectivity index (χ1) is 13.8. The third-order valence-electron chi connectivity index (χ3n) is 4.45. The molecule has 3 heteroatoms. The number of hydrogen-bond acceptors (Lipinski definition) is 1. The summed E-state index contributed by atoms with van der Waals surface area (Å²) in [6, 6.07) is 39.8. The predicted octanol–water partition coefficient (Wildman–Crippen LogP) is 6.45. The van der Waals surface area contributed by atoms with Gasteiger partial charge in [-0.1, -0.05) is 72.8 Å². The highest BCUT2D eigenvalue weighted by atomic mass is 32.3. The third-order valence-corrected chi connectivity index (χ3v) is 7.67. The fraction of sp³-hybridized carbons (Fsp3) is 0. The summed E-state index contributed by atoms with van der Waals surface area (Å²) in [7, 11) is -2.17. The first kappa shape index (κ1) is 18.1. The minimum Gasteiger partial charge on any atom is -0.334 e. The van der Waals surface area contributed by atoms with Gasteiger partial charge in [0.1, 0.15) is 5.56 Å². The molecule has 0 saturated carbocycles. The number of rotatable bonds is 5. The fourth-order valence-electron chi connectivity index (χ4n) is 3.14. The van der Waals surface area contributed by atoms with Gasteiger partial charge in [-0.05, 0) is 48.5 Å². The van der Waals surface area contributed by atoms with E-state index >= 15 is 0 Å². The molecule has 0 heterocycles. The smallest absolute Gasteiger partial charge is 0.334 e. The lowest BCUT2D eigenvalue weighted by molar-refractivity contribution is 0.504. The van der Waals surface area contributed by atoms with Crippen LogP contribution in [-0.2, 0) is 4.18 Å². The second-order valence-electron chi connectivity index (χ2n) is 6.25. The Morgan fingerprint density at radius 1 is 0.500 bits per heavy atom. The van der Waals surface area contributed by atoms with E-state index in [1.54, 1.807) is 0 Å². The lowest BCUT2D eigenvalue weighted by Crippen LogP contribution is -2.14. The molecule has 0 aliphatic rings. The van der Waals surface area contributed by atoms with Gasteiger partial charge in [0.15, 0.2) is 0 Å². The van der Waals surface area contributed by atoms with E-state index in [0.717, 1.165) is 14.7 Å². The van der Waals surface area contributed by atoms with Crippen molar-refractivity contribution in [2.24, 2.45) is 0 Å². The molecule has 0 aliphatic heterocycles. The van der Waals surface area contributed by atoms with Crippen LogP contribution in [-0.4, -0.2) is 10.8 Å². The first-order valence-corrected chi connectivity index (χ1v) is 10.7. The van der Waals surface area contributed by atoms with Gasteiger partial charge < -0.3 is 4.79 Å². The summed E-state index contributed by atoms with van der Waals surface area (Å²) in [5.41, 5.74) is 0.655. The maximum atomic E-state index is 11.0. The third kappa shape index (κ3) is 3.45. The van der Waals surface area contributed by atoms with Crippen molar-refractivity contribution in [2.45, 2.75) is 14.7 Å². The molecule has 4 aromatic rings. The zero-order valence-electron chi connectivity index (χ0n) is 15.3. The molecule has 0 aromatic heterocycles. The highest BCUT2D eigenvalue weighted by Crippen LogP contribution is 2.69. The van der Waals surface area contributed by atoms with E-state index in [-0.39, 0.29) is 5.97 Å². The average Bonchev–Trinajstić information content (AvgIpc) is 2.80. The van der Waals surface area contributed by atoms with Gasteiger partial charge in [0.25, 0.3) is 0 Å². The number of hydrogen-bond donors (Lipinski definition) is 0. The molecular weight excluding hydrogens is 364 g/mol. The Kier molecular flexibility index (Phi) is 5.27. The molecule has 2 nitrogen and oxygen atoms in total. The van der Waals surface area contributed by atoms with Crippen LogP contribution in [0, 0.1) is 0 Å². The zero-order valence-corrected chi connectivity index (χ0v) is 16.1. The Bertz CT molecular complexity index is 936. The minimum absolute atomic E-state index is 0.0767. The van der Waals surface area contributed by atoms with Gasteiger partial charge >= 0.3 is 5.97 Å². The van der Waals surface area contributed by atoms with E-state index in [0.29, 0.717) is 5.56 Å². The largest absolute Gasteiger partial charge is 0.531 e. The SMILES string of the molecule is [OH+]=C(OS(c1ccccc1)(c1ccccc1)c1ccccc1)c1ccccc1. The van der Waals surface area contributed by atoms with Crippen molar-refractivity contribution in [1.82, 2.24) is 0 Å². The minimum atomic E-state index is -2.17. The van der Waals surface area contributed by atoms with Gasteiger partial charge in [-0.2, -0.15) is 0 Å². The standard InChI is InChI=1S/C25H20O2S/c26-25(21-13-5-1-6-14-21)27-28(22-15-7-2-8-16-22,23-17-9-3-10-18-23)24-19-11-4-12-20-24/h1-20H/p+1. The quantitative estimate of drug-likeness (QED) is 0.363. The van der Waals surface area contributed by atoms with E-state index in [2.05, 4.69) is 36.4 Å². The van der Waals surface area contributed by atoms with Crippen molar-refractivity contribution in [2.75, 3.05) is 0 Å². The van der Waals surface area contributed by atoms with Crippen molar-refractivity contribution in [3.63, 3.8) is 0 Å². The van der Waals surface area contributed by atoms with Gasteiger partial charge in [0.05, 0.1) is 25.0 Å². The van der Waals surface area contributed by atoms with Crippen LogP contribution in [0.1, 0.15) is 5.56 Å². The molecule has 0 aliphatic carbocycles. The molecule has 1 N–H and O–H groups in total. The van der Waals surface area contributed by atoms with Crippen LogP contribution in [0.3, 0.4) is 0 Å². The molecule has 28 heavy (non-hydrogen) atoms. The van der Waals surface area contributed by atoms with Gasteiger partial charge in [-0.25, -0.2) is 4.18 Å². The molecule has 0 fully saturated rings. The van der Waals surface area contributed by atoms with Gasteiger partial charge in [0.2, 0.25) is 0 Å². The van der Waals surface area contributed by atoms with E-state index in [9.17, 15) is 4.79 Å². The second-order valence-corrected chi connectivity index (χ2v) is 8.94. The topological polar surface area (TPSA) is 30.6 Å². The van der Waals surface area contributed by atoms with Crippen LogP contribution in [0.25, 0.3) is 0 Å². The first-order valence-electron chi connectivity index (χ1n) is 9.10. The highest BCUT2D eigenvalue weighted by molar-refractivity contribution is 8.30. The van der Waals surface area contributed by atoms with Gasteiger partial charge in [0, 0.05) is 0 Å². The summed E-state index contributed by atoms with van der Waals surface area (Å²) in [5.74, 6) is -0.0767. The summed E-state index contributed by atoms with van der Waals surface area (Å²) in [4.78, 5) is 14.0. The number of carbonyl (C=O) groups excluding carboxylic acids is 1. The van der Waals surface area contributed by atoms with Crippen LogP contribution in [0.4, 0.5) is 0 Å². The van der Waals surface area contributed by atoms with E-state index in [1.807, 2.05) is 84.9 Å². The summed E-state index contributed by atoms with van der Waals surface area (Å²) in [6.07, 6.45) is 0. The van der Waals surface area contributed by atoms with E-state index in [1.165, 1.54) is 0 Å². The van der Waals surface area contributed by atoms with Crippen LogP contribution in [0.15, 0.2) is 136 Å². The summed E-state index contributed by atoms with van der Waals surface area (Å²) >= 11 is 0. The maximum absolute atomic E-state index is 11.0. The molecule has 0 atom stereocenters. The summed E-state index contributed by atoms with van der Waals surface area (Å²) in [6.45, 7) is 0. The molecule has 0 spiro atoms. The monoisotopic (exact) mass is 385 g/mol. The highest BCUT2D eigenvalue weighted by Gasteiger charge is 2.42. The Hall–Kier alpha value is -3.30. The summed E-state index contributed by atoms with van der Waals surface area (Å²) in [5, 5.41) is 0. The Balaban J connectivity index is 1.95. The van der Waals surface area contributed by atoms with Crippen molar-refractivity contribution >= 4 is 16.3 Å². The lowest BCUT2D eigenvalue weighted by Gasteiger charge is -2.33.